The molecule has 4 nitrogen and oxygen atoms in total. The SMILES string of the molecule is CCO[C@H]1CN(Cc2ccc(Sc3ccc(C)cc3)o2)C[C@@H]1O. The summed E-state index contributed by atoms with van der Waals surface area (Å²) in [6, 6.07) is 12.4. The van der Waals surface area contributed by atoms with Gasteiger partial charge in [0.1, 0.15) is 5.76 Å². The summed E-state index contributed by atoms with van der Waals surface area (Å²) < 4.78 is 11.5. The first-order valence-corrected chi connectivity index (χ1v) is 8.81. The van der Waals surface area contributed by atoms with Crippen LogP contribution in [0.2, 0.25) is 0 Å². The van der Waals surface area contributed by atoms with E-state index in [2.05, 4.69) is 36.1 Å². The Balaban J connectivity index is 1.56. The van der Waals surface area contributed by atoms with E-state index in [-0.39, 0.29) is 6.10 Å². The lowest BCUT2D eigenvalue weighted by atomic mass is 10.2. The van der Waals surface area contributed by atoms with E-state index in [1.165, 1.54) is 10.5 Å². The molecule has 1 aliphatic heterocycles. The van der Waals surface area contributed by atoms with Gasteiger partial charge in [-0.1, -0.05) is 29.5 Å². The smallest absolute Gasteiger partial charge is 0.165 e. The number of hydrogen-bond acceptors (Lipinski definition) is 5. The Bertz CT molecular complexity index is 625. The minimum absolute atomic E-state index is 0.0867. The molecule has 1 N–H and O–H groups in total. The molecule has 2 aromatic rings. The summed E-state index contributed by atoms with van der Waals surface area (Å²) in [6.07, 6.45) is -0.498. The van der Waals surface area contributed by atoms with Crippen molar-refractivity contribution in [3.8, 4) is 0 Å². The van der Waals surface area contributed by atoms with Gasteiger partial charge >= 0.3 is 0 Å². The molecule has 0 spiro atoms. The van der Waals surface area contributed by atoms with Crippen LogP contribution in [-0.4, -0.2) is 41.9 Å². The quantitative estimate of drug-likeness (QED) is 0.879. The summed E-state index contributed by atoms with van der Waals surface area (Å²) in [6.45, 7) is 6.75. The molecule has 0 bridgehead atoms. The molecule has 124 valence electrons. The van der Waals surface area contributed by atoms with Crippen LogP contribution in [0.25, 0.3) is 0 Å². The summed E-state index contributed by atoms with van der Waals surface area (Å²) >= 11 is 1.63. The fourth-order valence-corrected chi connectivity index (χ4v) is 3.57. The van der Waals surface area contributed by atoms with Crippen LogP contribution in [0.4, 0.5) is 0 Å². The van der Waals surface area contributed by atoms with Gasteiger partial charge in [0.15, 0.2) is 5.09 Å². The molecule has 0 saturated carbocycles. The lowest BCUT2D eigenvalue weighted by molar-refractivity contribution is -0.00247. The fourth-order valence-electron chi connectivity index (χ4n) is 2.78. The van der Waals surface area contributed by atoms with Crippen molar-refractivity contribution in [1.29, 1.82) is 0 Å². The van der Waals surface area contributed by atoms with Crippen molar-refractivity contribution in [2.75, 3.05) is 19.7 Å². The minimum atomic E-state index is -0.411. The van der Waals surface area contributed by atoms with Gasteiger partial charge in [0.05, 0.1) is 18.8 Å². The normalized spacial score (nSPS) is 21.9. The van der Waals surface area contributed by atoms with Crippen molar-refractivity contribution in [2.24, 2.45) is 0 Å². The molecule has 2 atom stereocenters. The highest BCUT2D eigenvalue weighted by Crippen LogP contribution is 2.30. The number of likely N-dealkylation sites (tertiary alicyclic amines) is 1. The second-order valence-corrected chi connectivity index (χ2v) is 6.97. The molecule has 1 saturated heterocycles. The Kier molecular flexibility index (Phi) is 5.43. The summed E-state index contributed by atoms with van der Waals surface area (Å²) in [5.74, 6) is 0.920. The van der Waals surface area contributed by atoms with E-state index in [1.54, 1.807) is 11.8 Å². The van der Waals surface area contributed by atoms with E-state index in [1.807, 2.05) is 19.1 Å². The van der Waals surface area contributed by atoms with Crippen molar-refractivity contribution >= 4 is 11.8 Å². The van der Waals surface area contributed by atoms with Gasteiger partial charge in [-0.15, -0.1) is 0 Å². The van der Waals surface area contributed by atoms with Gasteiger partial charge in [-0.25, -0.2) is 0 Å². The fraction of sp³-hybridized carbons (Fsp3) is 0.444. The monoisotopic (exact) mass is 333 g/mol. The van der Waals surface area contributed by atoms with Crippen molar-refractivity contribution in [1.82, 2.24) is 4.90 Å². The Morgan fingerprint density at radius 1 is 1.22 bits per heavy atom. The molecule has 0 aliphatic carbocycles. The molecule has 1 aromatic heterocycles. The lowest BCUT2D eigenvalue weighted by Crippen LogP contribution is -2.26. The van der Waals surface area contributed by atoms with Crippen LogP contribution in [0.3, 0.4) is 0 Å². The van der Waals surface area contributed by atoms with Gasteiger partial charge in [-0.05, 0) is 38.1 Å². The van der Waals surface area contributed by atoms with Gasteiger partial charge in [0, 0.05) is 24.6 Å². The third-order valence-electron chi connectivity index (χ3n) is 3.95. The van der Waals surface area contributed by atoms with Crippen LogP contribution in [0.5, 0.6) is 0 Å². The lowest BCUT2D eigenvalue weighted by Gasteiger charge is -2.14. The molecule has 1 aromatic carbocycles. The molecule has 2 heterocycles. The second-order valence-electron chi connectivity index (χ2n) is 5.89. The van der Waals surface area contributed by atoms with Crippen LogP contribution in [-0.2, 0) is 11.3 Å². The van der Waals surface area contributed by atoms with Gasteiger partial charge in [-0.2, -0.15) is 0 Å². The number of furan rings is 1. The number of hydrogen-bond donors (Lipinski definition) is 1. The van der Waals surface area contributed by atoms with Gasteiger partial charge in [0.2, 0.25) is 0 Å². The van der Waals surface area contributed by atoms with Crippen LogP contribution in [0.1, 0.15) is 18.2 Å². The van der Waals surface area contributed by atoms with Crippen LogP contribution in [0.15, 0.2) is 50.8 Å². The highest BCUT2D eigenvalue weighted by molar-refractivity contribution is 7.99. The molecule has 5 heteroatoms. The van der Waals surface area contributed by atoms with Crippen LogP contribution in [0, 0.1) is 6.92 Å². The number of aliphatic hydroxyl groups excluding tert-OH is 1. The van der Waals surface area contributed by atoms with Crippen LogP contribution < -0.4 is 0 Å². The third kappa shape index (κ3) is 4.38. The topological polar surface area (TPSA) is 45.8 Å². The summed E-state index contributed by atoms with van der Waals surface area (Å²) in [5.41, 5.74) is 1.26. The molecule has 0 radical (unpaired) electrons. The maximum absolute atomic E-state index is 9.99. The molecule has 0 unspecified atom stereocenters. The number of ether oxygens (including phenoxy) is 1. The zero-order chi connectivity index (χ0) is 16.2. The van der Waals surface area contributed by atoms with Gasteiger partial charge in [-0.3, -0.25) is 4.90 Å². The predicted octanol–water partition coefficient (Wildman–Crippen LogP) is 3.32. The maximum Gasteiger partial charge on any atom is 0.165 e. The van der Waals surface area contributed by atoms with E-state index in [0.717, 1.165) is 17.4 Å². The van der Waals surface area contributed by atoms with Crippen molar-refractivity contribution in [2.45, 2.75) is 42.6 Å². The van der Waals surface area contributed by atoms with E-state index in [4.69, 9.17) is 9.15 Å². The van der Waals surface area contributed by atoms with E-state index in [0.29, 0.717) is 19.7 Å². The van der Waals surface area contributed by atoms with Crippen molar-refractivity contribution < 1.29 is 14.3 Å². The van der Waals surface area contributed by atoms with E-state index < -0.39 is 6.10 Å². The summed E-state index contributed by atoms with van der Waals surface area (Å²) in [4.78, 5) is 3.34. The molecule has 23 heavy (non-hydrogen) atoms. The Morgan fingerprint density at radius 3 is 2.74 bits per heavy atom. The minimum Gasteiger partial charge on any atom is -0.453 e. The summed E-state index contributed by atoms with van der Waals surface area (Å²) in [5, 5.41) is 10.9. The largest absolute Gasteiger partial charge is 0.453 e. The third-order valence-corrected chi connectivity index (χ3v) is 4.88. The van der Waals surface area contributed by atoms with Crippen molar-refractivity contribution in [3.05, 3.63) is 47.7 Å². The van der Waals surface area contributed by atoms with Crippen LogP contribution >= 0.6 is 11.8 Å². The molecule has 3 rings (SSSR count). The van der Waals surface area contributed by atoms with E-state index >= 15 is 0 Å². The average Bonchev–Trinajstić information content (AvgIpc) is 3.09. The first-order valence-electron chi connectivity index (χ1n) is 7.99. The first kappa shape index (κ1) is 16.6. The zero-order valence-electron chi connectivity index (χ0n) is 13.6. The number of β-amino-alcohol motifs (C(OH)–C–C–N with tert-alkyl or cyclic N) is 1. The zero-order valence-corrected chi connectivity index (χ0v) is 14.4. The molecule has 1 aliphatic rings. The highest BCUT2D eigenvalue weighted by atomic mass is 32.2. The number of nitrogens with zero attached hydrogens (tertiary/aromatic N) is 1. The van der Waals surface area contributed by atoms with Gasteiger partial charge in [0.25, 0.3) is 0 Å². The molecule has 1 fully saturated rings. The maximum atomic E-state index is 9.99. The number of aliphatic hydroxyl groups is 1. The summed E-state index contributed by atoms with van der Waals surface area (Å²) in [7, 11) is 0. The number of rotatable bonds is 6. The Labute approximate surface area is 141 Å². The second kappa shape index (κ2) is 7.53. The highest BCUT2D eigenvalue weighted by Gasteiger charge is 2.32. The molecular formula is C18H23NO3S. The standard InChI is InChI=1S/C18H23NO3S/c1-3-21-17-12-19(11-16(17)20)10-14-6-9-18(22-14)23-15-7-4-13(2)5-8-15/h4-9,16-17,20H,3,10-12H2,1-2H3/t16-,17-/m0/s1. The van der Waals surface area contributed by atoms with Gasteiger partial charge < -0.3 is 14.3 Å². The molecule has 0 amide bonds. The number of aryl methyl sites for hydroxylation is 1. The van der Waals surface area contributed by atoms with E-state index in [9.17, 15) is 5.11 Å². The van der Waals surface area contributed by atoms with Crippen molar-refractivity contribution in [3.63, 3.8) is 0 Å². The Hall–Kier alpha value is -1.27. The number of benzene rings is 1. The Morgan fingerprint density at radius 2 is 2.00 bits per heavy atom. The first-order chi connectivity index (χ1) is 11.1. The average molecular weight is 333 g/mol. The predicted molar refractivity (Wildman–Crippen MR) is 90.7 cm³/mol. The molecular weight excluding hydrogens is 310 g/mol.